The van der Waals surface area contributed by atoms with Crippen molar-refractivity contribution in [2.75, 3.05) is 44.2 Å². The van der Waals surface area contributed by atoms with Crippen molar-refractivity contribution < 1.29 is 9.84 Å². The van der Waals surface area contributed by atoms with Gasteiger partial charge in [0.05, 0.1) is 0 Å². The molecule has 4 nitrogen and oxygen atoms in total. The minimum Gasteiger partial charge on any atom is -0.491 e. The van der Waals surface area contributed by atoms with Gasteiger partial charge in [-0.25, -0.2) is 0 Å². The van der Waals surface area contributed by atoms with E-state index in [1.807, 2.05) is 38.1 Å². The van der Waals surface area contributed by atoms with Crippen LogP contribution in [0.5, 0.6) is 5.75 Å². The van der Waals surface area contributed by atoms with Gasteiger partial charge in [0.25, 0.3) is 0 Å². The second-order valence-electron chi connectivity index (χ2n) is 7.45. The maximum atomic E-state index is 10.4. The number of anilines is 1. The van der Waals surface area contributed by atoms with E-state index in [4.69, 9.17) is 16.3 Å². The van der Waals surface area contributed by atoms with E-state index in [2.05, 4.69) is 28.9 Å². The van der Waals surface area contributed by atoms with Crippen molar-refractivity contribution >= 4 is 17.3 Å². The van der Waals surface area contributed by atoms with Crippen LogP contribution >= 0.6 is 11.6 Å². The highest BCUT2D eigenvalue weighted by Crippen LogP contribution is 2.25. The van der Waals surface area contributed by atoms with E-state index in [0.717, 1.165) is 48.1 Å². The zero-order valence-electron chi connectivity index (χ0n) is 16.4. The summed E-state index contributed by atoms with van der Waals surface area (Å²) in [5.41, 5.74) is 4.71. The molecule has 1 N–H and O–H groups in total. The van der Waals surface area contributed by atoms with E-state index in [1.54, 1.807) is 0 Å². The standard InChI is InChI=1S/C22H29ClN2O2/c1-16-4-5-18(3)22(12-16)27-15-20(26)14-24-8-10-25(11-9-24)21-13-19(23)7-6-17(21)2/h4-7,12-13,20,26H,8-11,14-15H2,1-3H3. The molecule has 0 bridgehead atoms. The molecule has 3 rings (SSSR count). The molecule has 1 saturated heterocycles. The second-order valence-corrected chi connectivity index (χ2v) is 7.89. The van der Waals surface area contributed by atoms with Gasteiger partial charge in [-0.2, -0.15) is 0 Å². The molecule has 0 aromatic heterocycles. The van der Waals surface area contributed by atoms with E-state index in [1.165, 1.54) is 11.3 Å². The van der Waals surface area contributed by atoms with Crippen LogP contribution in [0.25, 0.3) is 0 Å². The molecule has 1 atom stereocenters. The Bertz CT molecular complexity index is 773. The molecule has 27 heavy (non-hydrogen) atoms. The Hall–Kier alpha value is -1.75. The number of ether oxygens (including phenoxy) is 1. The summed E-state index contributed by atoms with van der Waals surface area (Å²) in [5.74, 6) is 0.857. The van der Waals surface area contributed by atoms with Gasteiger partial charge >= 0.3 is 0 Å². The molecular weight excluding hydrogens is 360 g/mol. The smallest absolute Gasteiger partial charge is 0.122 e. The molecule has 146 valence electrons. The minimum absolute atomic E-state index is 0.317. The summed E-state index contributed by atoms with van der Waals surface area (Å²) in [5, 5.41) is 11.2. The van der Waals surface area contributed by atoms with Gasteiger partial charge in [0.15, 0.2) is 0 Å². The molecule has 1 heterocycles. The Morgan fingerprint density at radius 3 is 2.44 bits per heavy atom. The Morgan fingerprint density at radius 2 is 1.70 bits per heavy atom. The van der Waals surface area contributed by atoms with Gasteiger partial charge in [0, 0.05) is 43.4 Å². The van der Waals surface area contributed by atoms with Crippen molar-refractivity contribution in [1.29, 1.82) is 0 Å². The van der Waals surface area contributed by atoms with E-state index in [9.17, 15) is 5.11 Å². The third kappa shape index (κ3) is 5.38. The molecule has 2 aromatic carbocycles. The Morgan fingerprint density at radius 1 is 1.00 bits per heavy atom. The average Bonchev–Trinajstić information content (AvgIpc) is 2.65. The molecule has 0 saturated carbocycles. The molecule has 1 fully saturated rings. The van der Waals surface area contributed by atoms with Crippen molar-refractivity contribution in [3.63, 3.8) is 0 Å². The van der Waals surface area contributed by atoms with Crippen LogP contribution in [-0.2, 0) is 0 Å². The number of β-amino-alcohol motifs (C(OH)–C–C–N with tert-alkyl or cyclic N) is 1. The summed E-state index contributed by atoms with van der Waals surface area (Å²) in [6, 6.07) is 12.2. The fourth-order valence-corrected chi connectivity index (χ4v) is 3.66. The number of piperazine rings is 1. The van der Waals surface area contributed by atoms with Gasteiger partial charge in [0.1, 0.15) is 18.5 Å². The quantitative estimate of drug-likeness (QED) is 0.815. The van der Waals surface area contributed by atoms with Crippen LogP contribution in [0.2, 0.25) is 5.02 Å². The van der Waals surface area contributed by atoms with Crippen molar-refractivity contribution in [2.45, 2.75) is 26.9 Å². The highest BCUT2D eigenvalue weighted by Gasteiger charge is 2.21. The Kier molecular flexibility index (Phi) is 6.64. The summed E-state index contributed by atoms with van der Waals surface area (Å²) >= 11 is 6.16. The summed E-state index contributed by atoms with van der Waals surface area (Å²) < 4.78 is 5.84. The number of aliphatic hydroxyl groups is 1. The van der Waals surface area contributed by atoms with Gasteiger partial charge in [-0.1, -0.05) is 29.8 Å². The number of rotatable bonds is 6. The van der Waals surface area contributed by atoms with E-state index in [-0.39, 0.29) is 0 Å². The first-order valence-electron chi connectivity index (χ1n) is 9.54. The molecule has 0 amide bonds. The summed E-state index contributed by atoms with van der Waals surface area (Å²) in [6.45, 7) is 10.9. The van der Waals surface area contributed by atoms with Crippen LogP contribution < -0.4 is 9.64 Å². The number of nitrogens with zero attached hydrogens (tertiary/aromatic N) is 2. The second kappa shape index (κ2) is 8.96. The predicted octanol–water partition coefficient (Wildman–Crippen LogP) is 3.83. The number of aryl methyl sites for hydroxylation is 3. The molecule has 1 aliphatic rings. The lowest BCUT2D eigenvalue weighted by Gasteiger charge is -2.37. The van der Waals surface area contributed by atoms with E-state index < -0.39 is 6.10 Å². The van der Waals surface area contributed by atoms with Crippen molar-refractivity contribution in [1.82, 2.24) is 4.90 Å². The largest absolute Gasteiger partial charge is 0.491 e. The summed E-state index contributed by atoms with van der Waals surface area (Å²) in [4.78, 5) is 4.67. The zero-order valence-corrected chi connectivity index (χ0v) is 17.2. The van der Waals surface area contributed by atoms with Crippen LogP contribution in [0.15, 0.2) is 36.4 Å². The third-order valence-electron chi connectivity index (χ3n) is 5.13. The lowest BCUT2D eigenvalue weighted by Crippen LogP contribution is -2.49. The summed E-state index contributed by atoms with van der Waals surface area (Å²) in [6.07, 6.45) is -0.496. The number of halogens is 1. The molecule has 0 aliphatic carbocycles. The predicted molar refractivity (Wildman–Crippen MR) is 112 cm³/mol. The fraction of sp³-hybridized carbons (Fsp3) is 0.455. The van der Waals surface area contributed by atoms with Crippen LogP contribution in [0, 0.1) is 20.8 Å². The number of hydrogen-bond donors (Lipinski definition) is 1. The highest BCUT2D eigenvalue weighted by molar-refractivity contribution is 6.30. The van der Waals surface area contributed by atoms with Crippen molar-refractivity contribution in [3.05, 3.63) is 58.1 Å². The number of benzene rings is 2. The first-order valence-corrected chi connectivity index (χ1v) is 9.92. The van der Waals surface area contributed by atoms with Gasteiger partial charge in [-0.05, 0) is 55.7 Å². The highest BCUT2D eigenvalue weighted by atomic mass is 35.5. The normalized spacial score (nSPS) is 16.4. The monoisotopic (exact) mass is 388 g/mol. The average molecular weight is 389 g/mol. The van der Waals surface area contributed by atoms with Crippen LogP contribution in [-0.4, -0.2) is 55.4 Å². The number of hydrogen-bond acceptors (Lipinski definition) is 4. The topological polar surface area (TPSA) is 35.9 Å². The molecule has 5 heteroatoms. The lowest BCUT2D eigenvalue weighted by atomic mass is 10.1. The summed E-state index contributed by atoms with van der Waals surface area (Å²) in [7, 11) is 0. The minimum atomic E-state index is -0.496. The van der Waals surface area contributed by atoms with E-state index in [0.29, 0.717) is 13.2 Å². The molecule has 2 aromatic rings. The molecule has 1 unspecified atom stereocenters. The lowest BCUT2D eigenvalue weighted by molar-refractivity contribution is 0.0660. The van der Waals surface area contributed by atoms with Crippen LogP contribution in [0.3, 0.4) is 0 Å². The maximum Gasteiger partial charge on any atom is 0.122 e. The number of aliphatic hydroxyl groups excluding tert-OH is 1. The molecule has 1 aliphatic heterocycles. The third-order valence-corrected chi connectivity index (χ3v) is 5.36. The van der Waals surface area contributed by atoms with Crippen molar-refractivity contribution in [2.24, 2.45) is 0 Å². The van der Waals surface area contributed by atoms with Crippen LogP contribution in [0.4, 0.5) is 5.69 Å². The molecular formula is C22H29ClN2O2. The van der Waals surface area contributed by atoms with Gasteiger partial charge in [0.2, 0.25) is 0 Å². The Balaban J connectivity index is 1.47. The van der Waals surface area contributed by atoms with Gasteiger partial charge in [-0.15, -0.1) is 0 Å². The maximum absolute atomic E-state index is 10.4. The zero-order chi connectivity index (χ0) is 19.4. The van der Waals surface area contributed by atoms with Crippen LogP contribution in [0.1, 0.15) is 16.7 Å². The SMILES string of the molecule is Cc1ccc(C)c(OCC(O)CN2CCN(c3cc(Cl)ccc3C)CC2)c1. The fourth-order valence-electron chi connectivity index (χ4n) is 3.49. The van der Waals surface area contributed by atoms with Crippen molar-refractivity contribution in [3.8, 4) is 5.75 Å². The Labute approximate surface area is 167 Å². The van der Waals surface area contributed by atoms with Gasteiger partial charge < -0.3 is 14.7 Å². The van der Waals surface area contributed by atoms with E-state index >= 15 is 0 Å². The molecule has 0 spiro atoms. The molecule has 0 radical (unpaired) electrons. The van der Waals surface area contributed by atoms with Gasteiger partial charge in [-0.3, -0.25) is 4.90 Å². The first-order chi connectivity index (χ1) is 12.9. The first kappa shape index (κ1) is 20.0.